The molecule has 0 aliphatic heterocycles. The van der Waals surface area contributed by atoms with Gasteiger partial charge in [-0.3, -0.25) is 0 Å². The first-order valence-electron chi connectivity index (χ1n) is 3.45. The molecule has 0 N–H and O–H groups in total. The molecule has 5 heteroatoms. The van der Waals surface area contributed by atoms with Crippen molar-refractivity contribution in [2.45, 2.75) is 13.8 Å². The molecule has 0 unspecified atom stereocenters. The van der Waals surface area contributed by atoms with Crippen LogP contribution in [-0.4, -0.2) is 21.6 Å². The third-order valence-corrected chi connectivity index (χ3v) is 1.72. The summed E-state index contributed by atoms with van der Waals surface area (Å²) in [5, 5.41) is 0. The predicted octanol–water partition coefficient (Wildman–Crippen LogP) is 0.311. The van der Waals surface area contributed by atoms with Crippen LogP contribution in [0.4, 0.5) is 0 Å². The third-order valence-electron chi connectivity index (χ3n) is 0.904. The summed E-state index contributed by atoms with van der Waals surface area (Å²) in [5.41, 5.74) is 0. The SMILES string of the molecule is CC#CCOS(=O)(=O)OCC#CC. The minimum Gasteiger partial charge on any atom is -0.235 e. The first-order valence-corrected chi connectivity index (χ1v) is 4.78. The maximum absolute atomic E-state index is 10.8. The second-order valence-corrected chi connectivity index (χ2v) is 3.07. The lowest BCUT2D eigenvalue weighted by Crippen LogP contribution is -2.10. The quantitative estimate of drug-likeness (QED) is 0.616. The number of hydrogen-bond donors (Lipinski definition) is 0. The zero-order chi connectivity index (χ0) is 10.2. The van der Waals surface area contributed by atoms with Crippen LogP contribution in [0.1, 0.15) is 13.8 Å². The fourth-order valence-corrected chi connectivity index (χ4v) is 0.856. The molecule has 0 saturated carbocycles. The molecule has 0 radical (unpaired) electrons. The van der Waals surface area contributed by atoms with Gasteiger partial charge in [0, 0.05) is 0 Å². The molecule has 72 valence electrons. The van der Waals surface area contributed by atoms with Crippen molar-refractivity contribution in [1.29, 1.82) is 0 Å². The molecule has 0 aromatic carbocycles. The number of hydrogen-bond acceptors (Lipinski definition) is 4. The molecule has 0 bridgehead atoms. The summed E-state index contributed by atoms with van der Waals surface area (Å²) in [6, 6.07) is 0. The Hall–Kier alpha value is -1.01. The maximum atomic E-state index is 10.8. The number of rotatable bonds is 4. The lowest BCUT2D eigenvalue weighted by atomic mass is 10.6. The van der Waals surface area contributed by atoms with Crippen LogP contribution < -0.4 is 0 Å². The van der Waals surface area contributed by atoms with Gasteiger partial charge in [0.1, 0.15) is 13.2 Å². The van der Waals surface area contributed by atoms with Crippen LogP contribution in [0.15, 0.2) is 0 Å². The molecule has 0 aliphatic carbocycles. The van der Waals surface area contributed by atoms with E-state index in [2.05, 4.69) is 32.0 Å². The van der Waals surface area contributed by atoms with Crippen molar-refractivity contribution in [3.8, 4) is 23.7 Å². The summed E-state index contributed by atoms with van der Waals surface area (Å²) in [4.78, 5) is 0. The summed E-state index contributed by atoms with van der Waals surface area (Å²) in [7, 11) is -3.93. The zero-order valence-electron chi connectivity index (χ0n) is 7.46. The zero-order valence-corrected chi connectivity index (χ0v) is 8.27. The van der Waals surface area contributed by atoms with Crippen LogP contribution in [0.25, 0.3) is 0 Å². The van der Waals surface area contributed by atoms with Crippen molar-refractivity contribution >= 4 is 10.4 Å². The minimum atomic E-state index is -3.93. The largest absolute Gasteiger partial charge is 0.401 e. The van der Waals surface area contributed by atoms with E-state index in [-0.39, 0.29) is 13.2 Å². The van der Waals surface area contributed by atoms with Crippen LogP contribution in [0.3, 0.4) is 0 Å². The van der Waals surface area contributed by atoms with Crippen LogP contribution in [0, 0.1) is 23.7 Å². The highest BCUT2D eigenvalue weighted by Gasteiger charge is 2.08. The highest BCUT2D eigenvalue weighted by molar-refractivity contribution is 7.81. The molecule has 13 heavy (non-hydrogen) atoms. The van der Waals surface area contributed by atoms with E-state index >= 15 is 0 Å². The van der Waals surface area contributed by atoms with Crippen molar-refractivity contribution in [1.82, 2.24) is 0 Å². The Labute approximate surface area is 78.6 Å². The van der Waals surface area contributed by atoms with E-state index in [0.717, 1.165) is 0 Å². The Bertz CT molecular complexity index is 317. The first-order chi connectivity index (χ1) is 6.12. The standard InChI is InChI=1S/C8H10O4S/c1-3-5-7-11-13(9,10)12-8-6-4-2/h7-8H2,1-2H3. The van der Waals surface area contributed by atoms with Crippen LogP contribution in [-0.2, 0) is 18.8 Å². The third kappa shape index (κ3) is 7.35. The molecule has 0 saturated heterocycles. The Morgan fingerprint density at radius 1 is 1.00 bits per heavy atom. The second kappa shape index (κ2) is 6.50. The minimum absolute atomic E-state index is 0.196. The Morgan fingerprint density at radius 3 is 1.69 bits per heavy atom. The van der Waals surface area contributed by atoms with Gasteiger partial charge >= 0.3 is 10.4 Å². The van der Waals surface area contributed by atoms with Gasteiger partial charge in [-0.25, -0.2) is 8.37 Å². The fraction of sp³-hybridized carbons (Fsp3) is 0.500. The van der Waals surface area contributed by atoms with E-state index in [1.165, 1.54) is 0 Å². The van der Waals surface area contributed by atoms with E-state index < -0.39 is 10.4 Å². The summed E-state index contributed by atoms with van der Waals surface area (Å²) in [6.45, 7) is 2.77. The van der Waals surface area contributed by atoms with E-state index in [0.29, 0.717) is 0 Å². The highest BCUT2D eigenvalue weighted by Crippen LogP contribution is 1.93. The van der Waals surface area contributed by atoms with Gasteiger partial charge in [-0.05, 0) is 13.8 Å². The van der Waals surface area contributed by atoms with Gasteiger partial charge in [0.25, 0.3) is 0 Å². The van der Waals surface area contributed by atoms with Crippen molar-refractivity contribution in [2.24, 2.45) is 0 Å². The molecule has 0 atom stereocenters. The molecular weight excluding hydrogens is 192 g/mol. The van der Waals surface area contributed by atoms with Crippen LogP contribution in [0.5, 0.6) is 0 Å². The highest BCUT2D eigenvalue weighted by atomic mass is 32.3. The lowest BCUT2D eigenvalue weighted by Gasteiger charge is -1.98. The summed E-state index contributed by atoms with van der Waals surface area (Å²) in [6.07, 6.45) is 0. The molecule has 4 nitrogen and oxygen atoms in total. The molecule has 0 amide bonds. The smallest absolute Gasteiger partial charge is 0.235 e. The van der Waals surface area contributed by atoms with Crippen molar-refractivity contribution in [3.05, 3.63) is 0 Å². The Balaban J connectivity index is 3.90. The molecule has 0 rings (SSSR count). The molecule has 0 aromatic rings. The average Bonchev–Trinajstić information content (AvgIpc) is 2.05. The normalized spacial score (nSPS) is 9.38. The van der Waals surface area contributed by atoms with Crippen molar-refractivity contribution < 1.29 is 16.8 Å². The van der Waals surface area contributed by atoms with Gasteiger partial charge in [0.05, 0.1) is 0 Å². The summed E-state index contributed by atoms with van der Waals surface area (Å²) >= 11 is 0. The Kier molecular flexibility index (Phi) is 5.99. The molecular formula is C8H10O4S. The molecule has 0 aliphatic rings. The van der Waals surface area contributed by atoms with E-state index in [9.17, 15) is 8.42 Å². The van der Waals surface area contributed by atoms with Gasteiger partial charge < -0.3 is 0 Å². The van der Waals surface area contributed by atoms with Gasteiger partial charge in [-0.15, -0.1) is 11.8 Å². The summed E-state index contributed by atoms with van der Waals surface area (Å²) < 4.78 is 30.3. The summed E-state index contributed by atoms with van der Waals surface area (Å²) in [5.74, 6) is 9.82. The average molecular weight is 202 g/mol. The van der Waals surface area contributed by atoms with Crippen LogP contribution >= 0.6 is 0 Å². The Morgan fingerprint density at radius 2 is 1.38 bits per heavy atom. The maximum Gasteiger partial charge on any atom is 0.401 e. The van der Waals surface area contributed by atoms with E-state index in [4.69, 9.17) is 0 Å². The van der Waals surface area contributed by atoms with Crippen LogP contribution in [0.2, 0.25) is 0 Å². The lowest BCUT2D eigenvalue weighted by molar-refractivity contribution is 0.253. The van der Waals surface area contributed by atoms with Crippen molar-refractivity contribution in [2.75, 3.05) is 13.2 Å². The molecule has 0 spiro atoms. The fourth-order valence-electron chi connectivity index (χ4n) is 0.382. The molecule has 0 aromatic heterocycles. The van der Waals surface area contributed by atoms with Gasteiger partial charge in [0.2, 0.25) is 0 Å². The monoisotopic (exact) mass is 202 g/mol. The van der Waals surface area contributed by atoms with E-state index in [1.54, 1.807) is 13.8 Å². The second-order valence-electron chi connectivity index (χ2n) is 1.79. The van der Waals surface area contributed by atoms with Gasteiger partial charge in [-0.2, -0.15) is 8.42 Å². The first kappa shape index (κ1) is 12.0. The van der Waals surface area contributed by atoms with Crippen molar-refractivity contribution in [3.63, 3.8) is 0 Å². The predicted molar refractivity (Wildman–Crippen MR) is 47.7 cm³/mol. The molecule has 0 fully saturated rings. The van der Waals surface area contributed by atoms with E-state index in [1.807, 2.05) is 0 Å². The van der Waals surface area contributed by atoms with Gasteiger partial charge in [-0.1, -0.05) is 11.8 Å². The van der Waals surface area contributed by atoms with Gasteiger partial charge in [0.15, 0.2) is 0 Å². The molecule has 0 heterocycles. The topological polar surface area (TPSA) is 52.6 Å².